The van der Waals surface area contributed by atoms with E-state index in [2.05, 4.69) is 20.2 Å². The molecule has 2 rings (SSSR count). The minimum Gasteiger partial charge on any atom is -0.424 e. The number of aromatic nitrogens is 4. The SMILES string of the molecule is CCc1nnc(CSc2nc(N)cc(N)n2)o1. The molecule has 2 aromatic heterocycles. The number of thioether (sulfide) groups is 1. The first-order valence-corrected chi connectivity index (χ1v) is 6.00. The summed E-state index contributed by atoms with van der Waals surface area (Å²) in [5.41, 5.74) is 11.1. The molecule has 0 bridgehead atoms. The van der Waals surface area contributed by atoms with E-state index in [0.29, 0.717) is 34.3 Å². The molecule has 0 unspecified atom stereocenters. The monoisotopic (exact) mass is 252 g/mol. The Hall–Kier alpha value is -1.83. The van der Waals surface area contributed by atoms with Crippen molar-refractivity contribution in [3.8, 4) is 0 Å². The fourth-order valence-corrected chi connectivity index (χ4v) is 1.85. The Labute approximate surface area is 102 Å². The van der Waals surface area contributed by atoms with E-state index >= 15 is 0 Å². The number of rotatable bonds is 4. The van der Waals surface area contributed by atoms with Gasteiger partial charge >= 0.3 is 0 Å². The zero-order valence-electron chi connectivity index (χ0n) is 9.25. The Balaban J connectivity index is 2.01. The summed E-state index contributed by atoms with van der Waals surface area (Å²) in [7, 11) is 0. The number of nitrogen functional groups attached to an aromatic ring is 2. The van der Waals surface area contributed by atoms with Crippen molar-refractivity contribution in [1.82, 2.24) is 20.2 Å². The lowest BCUT2D eigenvalue weighted by Crippen LogP contribution is -1.99. The third kappa shape index (κ3) is 3.06. The van der Waals surface area contributed by atoms with E-state index in [-0.39, 0.29) is 0 Å². The van der Waals surface area contributed by atoms with Crippen molar-refractivity contribution in [2.45, 2.75) is 24.3 Å². The number of hydrogen-bond acceptors (Lipinski definition) is 8. The number of nitrogens with two attached hydrogens (primary N) is 2. The summed E-state index contributed by atoms with van der Waals surface area (Å²) in [5.74, 6) is 2.35. The molecule has 0 amide bonds. The molecule has 0 aliphatic carbocycles. The van der Waals surface area contributed by atoms with Crippen LogP contribution in [0.15, 0.2) is 15.6 Å². The van der Waals surface area contributed by atoms with Crippen molar-refractivity contribution in [3.63, 3.8) is 0 Å². The van der Waals surface area contributed by atoms with Gasteiger partial charge in [0, 0.05) is 12.5 Å². The maximum Gasteiger partial charge on any atom is 0.226 e. The number of nitrogens with zero attached hydrogens (tertiary/aromatic N) is 4. The van der Waals surface area contributed by atoms with Gasteiger partial charge in [0.05, 0.1) is 5.75 Å². The molecule has 4 N–H and O–H groups in total. The van der Waals surface area contributed by atoms with Gasteiger partial charge in [-0.1, -0.05) is 18.7 Å². The second-order valence-corrected chi connectivity index (χ2v) is 4.17. The van der Waals surface area contributed by atoms with Crippen LogP contribution in [0.4, 0.5) is 11.6 Å². The quantitative estimate of drug-likeness (QED) is 0.608. The fourth-order valence-electron chi connectivity index (χ4n) is 1.14. The molecule has 90 valence electrons. The van der Waals surface area contributed by atoms with E-state index < -0.39 is 0 Å². The number of anilines is 2. The van der Waals surface area contributed by atoms with Crippen LogP contribution in [0.1, 0.15) is 18.7 Å². The molecule has 0 aliphatic rings. The lowest BCUT2D eigenvalue weighted by molar-refractivity contribution is 0.470. The summed E-state index contributed by atoms with van der Waals surface area (Å²) in [5, 5.41) is 8.25. The van der Waals surface area contributed by atoms with E-state index in [0.717, 1.165) is 6.42 Å². The standard InChI is InChI=1S/C9H12N6OS/c1-2-7-14-15-8(16-7)4-17-9-12-5(10)3-6(11)13-9/h3H,2,4H2,1H3,(H4,10,11,12,13). The first kappa shape index (κ1) is 11.6. The van der Waals surface area contributed by atoms with Crippen LogP contribution in [0, 0.1) is 0 Å². The van der Waals surface area contributed by atoms with Gasteiger partial charge in [-0.15, -0.1) is 10.2 Å². The van der Waals surface area contributed by atoms with Crippen LogP contribution in [-0.2, 0) is 12.2 Å². The van der Waals surface area contributed by atoms with Crippen LogP contribution < -0.4 is 11.5 Å². The zero-order chi connectivity index (χ0) is 12.3. The van der Waals surface area contributed by atoms with Gasteiger partial charge in [0.15, 0.2) is 5.16 Å². The predicted octanol–water partition coefficient (Wildman–Crippen LogP) is 0.879. The van der Waals surface area contributed by atoms with Crippen molar-refractivity contribution >= 4 is 23.4 Å². The van der Waals surface area contributed by atoms with E-state index in [1.807, 2.05) is 6.92 Å². The van der Waals surface area contributed by atoms with E-state index in [1.54, 1.807) is 0 Å². The number of aryl methyl sites for hydroxylation is 1. The Morgan fingerprint density at radius 1 is 1.18 bits per heavy atom. The van der Waals surface area contributed by atoms with E-state index in [4.69, 9.17) is 15.9 Å². The zero-order valence-corrected chi connectivity index (χ0v) is 10.1. The van der Waals surface area contributed by atoms with Crippen LogP contribution in [-0.4, -0.2) is 20.2 Å². The Bertz CT molecular complexity index is 494. The number of hydrogen-bond donors (Lipinski definition) is 2. The third-order valence-corrected chi connectivity index (χ3v) is 2.71. The molecule has 2 aromatic rings. The molecule has 0 aliphatic heterocycles. The Morgan fingerprint density at radius 2 is 1.82 bits per heavy atom. The molecule has 17 heavy (non-hydrogen) atoms. The highest BCUT2D eigenvalue weighted by Crippen LogP contribution is 2.20. The van der Waals surface area contributed by atoms with Crippen LogP contribution in [0.2, 0.25) is 0 Å². The summed E-state index contributed by atoms with van der Waals surface area (Å²) >= 11 is 1.35. The van der Waals surface area contributed by atoms with Crippen LogP contribution >= 0.6 is 11.8 Å². The van der Waals surface area contributed by atoms with Gasteiger partial charge in [-0.2, -0.15) is 0 Å². The first-order chi connectivity index (χ1) is 8.17. The fraction of sp³-hybridized carbons (Fsp3) is 0.333. The smallest absolute Gasteiger partial charge is 0.226 e. The van der Waals surface area contributed by atoms with Gasteiger partial charge in [-0.05, 0) is 0 Å². The highest BCUT2D eigenvalue weighted by molar-refractivity contribution is 7.98. The van der Waals surface area contributed by atoms with Crippen molar-refractivity contribution in [2.24, 2.45) is 0 Å². The molecule has 2 heterocycles. The van der Waals surface area contributed by atoms with Crippen molar-refractivity contribution < 1.29 is 4.42 Å². The maximum atomic E-state index is 5.56. The summed E-state index contributed by atoms with van der Waals surface area (Å²) in [6.45, 7) is 1.95. The third-order valence-electron chi connectivity index (χ3n) is 1.88. The summed E-state index contributed by atoms with van der Waals surface area (Å²) < 4.78 is 5.35. The summed E-state index contributed by atoms with van der Waals surface area (Å²) in [4.78, 5) is 8.07. The van der Waals surface area contributed by atoms with Crippen LogP contribution in [0.3, 0.4) is 0 Å². The van der Waals surface area contributed by atoms with Crippen molar-refractivity contribution in [2.75, 3.05) is 11.5 Å². The van der Waals surface area contributed by atoms with Gasteiger partial charge in [0.2, 0.25) is 11.8 Å². The van der Waals surface area contributed by atoms with Crippen LogP contribution in [0.5, 0.6) is 0 Å². The van der Waals surface area contributed by atoms with Crippen molar-refractivity contribution in [3.05, 3.63) is 17.8 Å². The minimum atomic E-state index is 0.347. The molecule has 0 saturated heterocycles. The average Bonchev–Trinajstić information content (AvgIpc) is 2.73. The topological polar surface area (TPSA) is 117 Å². The molecular weight excluding hydrogens is 240 g/mol. The molecule has 0 aromatic carbocycles. The maximum absolute atomic E-state index is 5.56. The average molecular weight is 252 g/mol. The van der Waals surface area contributed by atoms with Gasteiger partial charge in [0.1, 0.15) is 11.6 Å². The lowest BCUT2D eigenvalue weighted by Gasteiger charge is -2.00. The molecule has 0 fully saturated rings. The second kappa shape index (κ2) is 5.00. The van der Waals surface area contributed by atoms with Gasteiger partial charge in [0.25, 0.3) is 0 Å². The Morgan fingerprint density at radius 3 is 2.41 bits per heavy atom. The molecule has 0 saturated carbocycles. The Kier molecular flexibility index (Phi) is 3.43. The van der Waals surface area contributed by atoms with Gasteiger partial charge in [-0.3, -0.25) is 0 Å². The molecular formula is C9H12N6OS. The minimum absolute atomic E-state index is 0.347. The summed E-state index contributed by atoms with van der Waals surface area (Å²) in [6, 6.07) is 1.51. The molecule has 7 nitrogen and oxygen atoms in total. The van der Waals surface area contributed by atoms with E-state index in [1.165, 1.54) is 17.8 Å². The highest BCUT2D eigenvalue weighted by atomic mass is 32.2. The van der Waals surface area contributed by atoms with Crippen LogP contribution in [0.25, 0.3) is 0 Å². The molecule has 0 atom stereocenters. The highest BCUT2D eigenvalue weighted by Gasteiger charge is 2.07. The largest absolute Gasteiger partial charge is 0.424 e. The molecule has 8 heteroatoms. The van der Waals surface area contributed by atoms with Gasteiger partial charge in [-0.25, -0.2) is 9.97 Å². The molecule has 0 radical (unpaired) electrons. The van der Waals surface area contributed by atoms with E-state index in [9.17, 15) is 0 Å². The lowest BCUT2D eigenvalue weighted by atomic mass is 10.5. The second-order valence-electron chi connectivity index (χ2n) is 3.23. The first-order valence-electron chi connectivity index (χ1n) is 5.01. The molecule has 0 spiro atoms. The summed E-state index contributed by atoms with van der Waals surface area (Å²) in [6.07, 6.45) is 0.722. The predicted molar refractivity (Wildman–Crippen MR) is 64.1 cm³/mol. The van der Waals surface area contributed by atoms with Crippen molar-refractivity contribution in [1.29, 1.82) is 0 Å². The normalized spacial score (nSPS) is 10.6. The van der Waals surface area contributed by atoms with Gasteiger partial charge < -0.3 is 15.9 Å².